The molecular formula is C20H27N6O4S+. The van der Waals surface area contributed by atoms with E-state index >= 15 is 0 Å². The Morgan fingerprint density at radius 3 is 2.42 bits per heavy atom. The first-order valence-electron chi connectivity index (χ1n) is 9.98. The highest BCUT2D eigenvalue weighted by Gasteiger charge is 2.25. The van der Waals surface area contributed by atoms with Gasteiger partial charge in [-0.15, -0.1) is 0 Å². The Balaban J connectivity index is 1.74. The van der Waals surface area contributed by atoms with Gasteiger partial charge in [0.1, 0.15) is 9.85 Å². The molecule has 2 heterocycles. The van der Waals surface area contributed by atoms with Crippen molar-refractivity contribution in [2.45, 2.75) is 20.3 Å². The molecule has 1 aliphatic heterocycles. The topological polar surface area (TPSA) is 104 Å². The van der Waals surface area contributed by atoms with Crippen LogP contribution in [0.4, 0.5) is 22.7 Å². The minimum absolute atomic E-state index is 0.0921. The summed E-state index contributed by atoms with van der Waals surface area (Å²) in [7, 11) is 1.60. The van der Waals surface area contributed by atoms with E-state index in [9.17, 15) is 15.0 Å². The van der Waals surface area contributed by atoms with E-state index < -0.39 is 4.92 Å². The van der Waals surface area contributed by atoms with Gasteiger partial charge in [-0.3, -0.25) is 10.1 Å². The third-order valence-corrected chi connectivity index (χ3v) is 5.80. The van der Waals surface area contributed by atoms with E-state index in [1.54, 1.807) is 19.4 Å². The van der Waals surface area contributed by atoms with Gasteiger partial charge in [0.2, 0.25) is 17.8 Å². The van der Waals surface area contributed by atoms with Crippen LogP contribution in [-0.4, -0.2) is 58.6 Å². The molecule has 0 atom stereocenters. The molecule has 31 heavy (non-hydrogen) atoms. The van der Waals surface area contributed by atoms with Crippen LogP contribution in [0.5, 0.6) is 5.88 Å². The number of nitro benzene ring substituents is 1. The van der Waals surface area contributed by atoms with E-state index in [0.717, 1.165) is 35.3 Å². The Labute approximate surface area is 185 Å². The molecule has 3 rings (SSSR count). The van der Waals surface area contributed by atoms with Crippen LogP contribution in [0, 0.1) is 21.9 Å². The van der Waals surface area contributed by atoms with Crippen molar-refractivity contribution >= 4 is 34.7 Å². The summed E-state index contributed by atoms with van der Waals surface area (Å²) in [6, 6.07) is 6.57. The first-order valence-corrected chi connectivity index (χ1v) is 11.2. The van der Waals surface area contributed by atoms with Crippen molar-refractivity contribution < 1.29 is 13.8 Å². The zero-order valence-electron chi connectivity index (χ0n) is 18.1. The maximum Gasteiger partial charge on any atom is 0.281 e. The Bertz CT molecular complexity index is 978. The van der Waals surface area contributed by atoms with Crippen molar-refractivity contribution in [1.82, 2.24) is 9.99 Å². The van der Waals surface area contributed by atoms with Crippen molar-refractivity contribution in [3.63, 3.8) is 0 Å². The van der Waals surface area contributed by atoms with Gasteiger partial charge in [0.05, 0.1) is 30.0 Å². The van der Waals surface area contributed by atoms with Crippen LogP contribution in [0.1, 0.15) is 18.2 Å². The van der Waals surface area contributed by atoms with Crippen LogP contribution in [0.3, 0.4) is 0 Å². The summed E-state index contributed by atoms with van der Waals surface area (Å²) in [5.74, 6) is 0.549. The van der Waals surface area contributed by atoms with Gasteiger partial charge in [-0.05, 0) is 25.0 Å². The predicted molar refractivity (Wildman–Crippen MR) is 122 cm³/mol. The summed E-state index contributed by atoms with van der Waals surface area (Å²) in [4.78, 5) is 29.4. The summed E-state index contributed by atoms with van der Waals surface area (Å²) >= 11 is 0.963. The highest BCUT2D eigenvalue weighted by molar-refractivity contribution is 7.92. The molecule has 0 unspecified atom stereocenters. The number of hydrogen-bond acceptors (Lipinski definition) is 9. The predicted octanol–water partition coefficient (Wildman–Crippen LogP) is 3.71. The highest BCUT2D eigenvalue weighted by Crippen LogP contribution is 2.31. The van der Waals surface area contributed by atoms with Gasteiger partial charge in [0.15, 0.2) is 0 Å². The summed E-state index contributed by atoms with van der Waals surface area (Å²) in [6.45, 7) is 6.71. The average molecular weight is 448 g/mol. The zero-order valence-corrected chi connectivity index (χ0v) is 18.9. The Kier molecular flexibility index (Phi) is 7.29. The van der Waals surface area contributed by atoms with Crippen LogP contribution >= 0.6 is 11.9 Å². The smallest absolute Gasteiger partial charge is 0.281 e. The van der Waals surface area contributed by atoms with E-state index in [1.807, 2.05) is 11.8 Å². The van der Waals surface area contributed by atoms with Gasteiger partial charge in [-0.1, -0.05) is 6.92 Å². The van der Waals surface area contributed by atoms with Crippen molar-refractivity contribution in [3.8, 4) is 5.88 Å². The SMILES string of the molecule is CCc1cc(NN2CCN(c3cc([N+](=O)[O-])cc([N+](=O)SC)c3)CC2)c(OC)nc1C. The zero-order chi connectivity index (χ0) is 22.5. The van der Waals surface area contributed by atoms with E-state index in [-0.39, 0.29) is 11.4 Å². The van der Waals surface area contributed by atoms with Crippen molar-refractivity contribution in [2.75, 3.05) is 49.9 Å². The van der Waals surface area contributed by atoms with E-state index in [0.29, 0.717) is 41.9 Å². The maximum absolute atomic E-state index is 12.0. The monoisotopic (exact) mass is 447 g/mol. The molecule has 1 fully saturated rings. The number of methoxy groups -OCH3 is 1. The summed E-state index contributed by atoms with van der Waals surface area (Å²) in [5, 5.41) is 13.4. The van der Waals surface area contributed by atoms with Gasteiger partial charge < -0.3 is 15.1 Å². The number of non-ortho nitro benzene ring substituents is 1. The number of hydrogen-bond donors (Lipinski definition) is 1. The lowest BCUT2D eigenvalue weighted by molar-refractivity contribution is -0.385. The number of aryl methyl sites for hydroxylation is 2. The van der Waals surface area contributed by atoms with Crippen LogP contribution in [0.15, 0.2) is 24.3 Å². The molecule has 1 aromatic carbocycles. The molecule has 0 aliphatic carbocycles. The molecule has 0 saturated carbocycles. The number of rotatable bonds is 8. The number of nitroso groups, excluding NO2 is 1. The molecule has 10 nitrogen and oxygen atoms in total. The number of pyridine rings is 1. The molecule has 1 aliphatic rings. The number of nitrogens with one attached hydrogen (secondary N) is 1. The lowest BCUT2D eigenvalue weighted by atomic mass is 10.1. The molecule has 1 N–H and O–H groups in total. The number of benzene rings is 1. The first kappa shape index (κ1) is 22.8. The number of nitrogens with zero attached hydrogens (tertiary/aromatic N) is 5. The molecule has 0 radical (unpaired) electrons. The molecular weight excluding hydrogens is 420 g/mol. The van der Waals surface area contributed by atoms with Crippen molar-refractivity contribution in [2.24, 2.45) is 0 Å². The summed E-state index contributed by atoms with van der Waals surface area (Å²) in [6.07, 6.45) is 2.52. The molecule has 2 aromatic rings. The van der Waals surface area contributed by atoms with Crippen LogP contribution in [0.2, 0.25) is 0 Å². The highest BCUT2D eigenvalue weighted by atomic mass is 32.2. The fourth-order valence-corrected chi connectivity index (χ4v) is 3.86. The van der Waals surface area contributed by atoms with E-state index in [1.165, 1.54) is 12.1 Å². The van der Waals surface area contributed by atoms with Crippen molar-refractivity contribution in [1.29, 1.82) is 0 Å². The van der Waals surface area contributed by atoms with E-state index in [2.05, 4.69) is 28.4 Å². The van der Waals surface area contributed by atoms with Crippen LogP contribution < -0.4 is 15.1 Å². The van der Waals surface area contributed by atoms with Gasteiger partial charge in [0, 0.05) is 48.9 Å². The number of anilines is 2. The summed E-state index contributed by atoms with van der Waals surface area (Å²) in [5.41, 5.74) is 7.16. The minimum Gasteiger partial charge on any atom is -0.479 e. The first-order chi connectivity index (χ1) is 14.9. The molecule has 0 bridgehead atoms. The molecule has 0 spiro atoms. The van der Waals surface area contributed by atoms with Gasteiger partial charge in [0.25, 0.3) is 11.4 Å². The molecule has 166 valence electrons. The summed E-state index contributed by atoms with van der Waals surface area (Å²) < 4.78 is 6.11. The second-order valence-corrected chi connectivity index (χ2v) is 7.83. The lowest BCUT2D eigenvalue weighted by Gasteiger charge is -2.36. The Morgan fingerprint density at radius 2 is 1.84 bits per heavy atom. The largest absolute Gasteiger partial charge is 0.479 e. The third kappa shape index (κ3) is 5.23. The number of nitro groups is 1. The van der Waals surface area contributed by atoms with Gasteiger partial charge in [-0.2, -0.15) is 0 Å². The quantitative estimate of drug-likeness (QED) is 0.281. The average Bonchev–Trinajstić information content (AvgIpc) is 2.79. The normalized spacial score (nSPS) is 14.4. The van der Waals surface area contributed by atoms with Crippen LogP contribution in [-0.2, 0) is 6.42 Å². The molecule has 11 heteroatoms. The number of piperazine rings is 1. The molecule has 1 aromatic heterocycles. The number of aromatic nitrogens is 1. The Hall–Kier alpha value is -2.92. The van der Waals surface area contributed by atoms with E-state index in [4.69, 9.17) is 4.74 Å². The van der Waals surface area contributed by atoms with Crippen molar-refractivity contribution in [3.05, 3.63) is 50.5 Å². The number of ether oxygens (including phenoxy) is 1. The fourth-order valence-electron chi connectivity index (χ4n) is 3.54. The fraction of sp³-hybridized carbons (Fsp3) is 0.450. The standard InChI is InChI=1S/C20H27N6O4S/c1-5-15-10-19(20(30-3)21-14(15)2)22-24-8-6-23(7-9-24)16-11-17(25(27)28)13-18(12-16)26(29)31-4/h10-13,22H,5-9H2,1-4H3/q+1. The number of hydrazine groups is 1. The Morgan fingerprint density at radius 1 is 1.16 bits per heavy atom. The molecule has 1 saturated heterocycles. The lowest BCUT2D eigenvalue weighted by Crippen LogP contribution is -2.48. The van der Waals surface area contributed by atoms with Gasteiger partial charge in [-0.25, -0.2) is 9.99 Å². The molecule has 0 amide bonds. The van der Waals surface area contributed by atoms with Crippen LogP contribution in [0.25, 0.3) is 0 Å². The van der Waals surface area contributed by atoms with Gasteiger partial charge >= 0.3 is 0 Å². The second-order valence-electron chi connectivity index (χ2n) is 7.13. The second kappa shape index (κ2) is 9.92. The minimum atomic E-state index is -0.471. The maximum atomic E-state index is 12.0. The third-order valence-electron chi connectivity index (χ3n) is 5.26.